The smallest absolute Gasteiger partial charge is 0.434 e. The highest BCUT2D eigenvalue weighted by Crippen LogP contribution is 2.40. The van der Waals surface area contributed by atoms with Crippen LogP contribution in [0.3, 0.4) is 0 Å². The Morgan fingerprint density at radius 3 is 2.70 bits per heavy atom. The molecule has 0 amide bonds. The summed E-state index contributed by atoms with van der Waals surface area (Å²) in [7, 11) is 0. The number of benzene rings is 1. The van der Waals surface area contributed by atoms with Crippen molar-refractivity contribution in [3.05, 3.63) is 69.5 Å². The molecular weight excluding hydrogens is 313 g/mol. The lowest BCUT2D eigenvalue weighted by Crippen LogP contribution is -2.14. The topological polar surface area (TPSA) is 65.3 Å². The van der Waals surface area contributed by atoms with Crippen molar-refractivity contribution in [2.24, 2.45) is 0 Å². The SMILES string of the molecule is O=[N+]([O-])c1cccc2c1OC(c1cccnc1C(F)(F)F)=CC2. The van der Waals surface area contributed by atoms with Crippen LogP contribution in [-0.2, 0) is 12.6 Å². The molecule has 118 valence electrons. The van der Waals surface area contributed by atoms with Crippen molar-refractivity contribution in [1.82, 2.24) is 4.98 Å². The van der Waals surface area contributed by atoms with Crippen LogP contribution in [-0.4, -0.2) is 9.91 Å². The Balaban J connectivity index is 2.07. The van der Waals surface area contributed by atoms with E-state index in [9.17, 15) is 23.3 Å². The molecule has 2 aromatic rings. The van der Waals surface area contributed by atoms with E-state index in [2.05, 4.69) is 4.98 Å². The van der Waals surface area contributed by atoms with Crippen LogP contribution < -0.4 is 4.74 Å². The van der Waals surface area contributed by atoms with Crippen molar-refractivity contribution in [3.8, 4) is 5.75 Å². The Labute approximate surface area is 128 Å². The number of rotatable bonds is 2. The van der Waals surface area contributed by atoms with Gasteiger partial charge in [-0.2, -0.15) is 13.2 Å². The van der Waals surface area contributed by atoms with Gasteiger partial charge in [-0.3, -0.25) is 15.1 Å². The third-order valence-electron chi connectivity index (χ3n) is 3.33. The molecule has 0 atom stereocenters. The van der Waals surface area contributed by atoms with E-state index in [-0.39, 0.29) is 29.2 Å². The van der Waals surface area contributed by atoms with E-state index < -0.39 is 16.8 Å². The van der Waals surface area contributed by atoms with E-state index in [1.165, 1.54) is 30.3 Å². The van der Waals surface area contributed by atoms with Crippen molar-refractivity contribution in [2.45, 2.75) is 12.6 Å². The van der Waals surface area contributed by atoms with Crippen LogP contribution in [0.2, 0.25) is 0 Å². The van der Waals surface area contributed by atoms with Gasteiger partial charge >= 0.3 is 11.9 Å². The van der Waals surface area contributed by atoms with Crippen molar-refractivity contribution < 1.29 is 22.8 Å². The van der Waals surface area contributed by atoms with Crippen molar-refractivity contribution in [3.63, 3.8) is 0 Å². The fourth-order valence-electron chi connectivity index (χ4n) is 2.34. The lowest BCUT2D eigenvalue weighted by molar-refractivity contribution is -0.385. The Bertz CT molecular complexity index is 816. The first-order chi connectivity index (χ1) is 10.9. The lowest BCUT2D eigenvalue weighted by atomic mass is 10.0. The zero-order valence-electron chi connectivity index (χ0n) is 11.5. The third-order valence-corrected chi connectivity index (χ3v) is 3.33. The number of nitro groups is 1. The molecule has 0 bridgehead atoms. The minimum absolute atomic E-state index is 0.0352. The maximum Gasteiger partial charge on any atom is 0.434 e. The molecule has 1 aromatic carbocycles. The number of aromatic nitrogens is 1. The molecule has 0 aliphatic carbocycles. The highest BCUT2D eigenvalue weighted by molar-refractivity contribution is 5.70. The van der Waals surface area contributed by atoms with Gasteiger partial charge in [0.15, 0.2) is 5.69 Å². The van der Waals surface area contributed by atoms with Gasteiger partial charge < -0.3 is 4.74 Å². The largest absolute Gasteiger partial charge is 0.449 e. The molecule has 3 rings (SSSR count). The molecule has 0 saturated carbocycles. The molecule has 0 radical (unpaired) electrons. The number of fused-ring (bicyclic) bond motifs is 1. The summed E-state index contributed by atoms with van der Waals surface area (Å²) in [5, 5.41) is 11.1. The molecule has 1 aromatic heterocycles. The van der Waals surface area contributed by atoms with Gasteiger partial charge in [0.2, 0.25) is 5.75 Å². The number of allylic oxidation sites excluding steroid dienone is 1. The molecule has 0 spiro atoms. The standard InChI is InChI=1S/C15H9F3N2O3/c16-15(17,18)14-10(4-2-8-19-14)12-7-6-9-3-1-5-11(20(21)22)13(9)23-12/h1-5,7-8H,6H2. The predicted molar refractivity (Wildman–Crippen MR) is 74.6 cm³/mol. The van der Waals surface area contributed by atoms with E-state index in [1.807, 2.05) is 0 Å². The number of hydrogen-bond donors (Lipinski definition) is 0. The summed E-state index contributed by atoms with van der Waals surface area (Å²) in [5.41, 5.74) is -1.08. The summed E-state index contributed by atoms with van der Waals surface area (Å²) in [6.45, 7) is 0. The number of para-hydroxylation sites is 1. The summed E-state index contributed by atoms with van der Waals surface area (Å²) in [6, 6.07) is 6.95. The predicted octanol–water partition coefficient (Wildman–Crippen LogP) is 3.98. The average molecular weight is 322 g/mol. The first-order valence-corrected chi connectivity index (χ1v) is 6.55. The molecule has 0 N–H and O–H groups in total. The number of ether oxygens (including phenoxy) is 1. The minimum Gasteiger partial charge on any atom is -0.449 e. The van der Waals surface area contributed by atoms with Crippen LogP contribution in [0.15, 0.2) is 42.6 Å². The average Bonchev–Trinajstić information content (AvgIpc) is 2.53. The molecule has 2 heterocycles. The van der Waals surface area contributed by atoms with Gasteiger partial charge in [0, 0.05) is 23.4 Å². The van der Waals surface area contributed by atoms with Crippen molar-refractivity contribution in [1.29, 1.82) is 0 Å². The monoisotopic (exact) mass is 322 g/mol. The quantitative estimate of drug-likeness (QED) is 0.619. The van der Waals surface area contributed by atoms with Crippen LogP contribution in [0.1, 0.15) is 16.8 Å². The van der Waals surface area contributed by atoms with E-state index >= 15 is 0 Å². The summed E-state index contributed by atoms with van der Waals surface area (Å²) in [6.07, 6.45) is -1.92. The highest BCUT2D eigenvalue weighted by Gasteiger charge is 2.37. The van der Waals surface area contributed by atoms with Crippen LogP contribution in [0.4, 0.5) is 18.9 Å². The molecule has 0 fully saturated rings. The molecular formula is C15H9F3N2O3. The van der Waals surface area contributed by atoms with Crippen LogP contribution in [0.5, 0.6) is 5.75 Å². The number of pyridine rings is 1. The van der Waals surface area contributed by atoms with Crippen molar-refractivity contribution in [2.75, 3.05) is 0 Å². The Kier molecular flexibility index (Phi) is 3.51. The first kappa shape index (κ1) is 15.0. The minimum atomic E-state index is -4.65. The van der Waals surface area contributed by atoms with Gasteiger partial charge in [-0.1, -0.05) is 12.1 Å². The van der Waals surface area contributed by atoms with E-state index in [4.69, 9.17) is 4.74 Å². The molecule has 0 unspecified atom stereocenters. The number of nitro benzene ring substituents is 1. The number of nitrogens with zero attached hydrogens (tertiary/aromatic N) is 2. The lowest BCUT2D eigenvalue weighted by Gasteiger charge is -2.20. The highest BCUT2D eigenvalue weighted by atomic mass is 19.4. The van der Waals surface area contributed by atoms with Gasteiger partial charge in [-0.05, 0) is 24.6 Å². The van der Waals surface area contributed by atoms with Crippen molar-refractivity contribution >= 4 is 11.4 Å². The van der Waals surface area contributed by atoms with E-state index in [0.29, 0.717) is 5.56 Å². The van der Waals surface area contributed by atoms with E-state index in [1.54, 1.807) is 6.07 Å². The first-order valence-electron chi connectivity index (χ1n) is 6.55. The Morgan fingerprint density at radius 1 is 1.22 bits per heavy atom. The Hall–Kier alpha value is -2.90. The van der Waals surface area contributed by atoms with E-state index in [0.717, 1.165) is 6.20 Å². The summed E-state index contributed by atoms with van der Waals surface area (Å²) < 4.78 is 44.6. The molecule has 0 saturated heterocycles. The fraction of sp³-hybridized carbons (Fsp3) is 0.133. The second-order valence-corrected chi connectivity index (χ2v) is 4.79. The third kappa shape index (κ3) is 2.75. The van der Waals surface area contributed by atoms with Gasteiger partial charge in [-0.15, -0.1) is 0 Å². The van der Waals surface area contributed by atoms with Gasteiger partial charge in [-0.25, -0.2) is 0 Å². The molecule has 8 heteroatoms. The van der Waals surface area contributed by atoms with Crippen LogP contribution in [0, 0.1) is 10.1 Å². The fourth-order valence-corrected chi connectivity index (χ4v) is 2.34. The molecule has 5 nitrogen and oxygen atoms in total. The second-order valence-electron chi connectivity index (χ2n) is 4.79. The zero-order valence-corrected chi connectivity index (χ0v) is 11.5. The van der Waals surface area contributed by atoms with Gasteiger partial charge in [0.05, 0.1) is 4.92 Å². The normalized spacial score (nSPS) is 13.8. The molecule has 1 aliphatic rings. The van der Waals surface area contributed by atoms with Crippen LogP contribution >= 0.6 is 0 Å². The Morgan fingerprint density at radius 2 is 2.00 bits per heavy atom. The van der Waals surface area contributed by atoms with Gasteiger partial charge in [0.25, 0.3) is 0 Å². The van der Waals surface area contributed by atoms with Gasteiger partial charge in [0.1, 0.15) is 5.76 Å². The second kappa shape index (κ2) is 5.38. The summed E-state index contributed by atoms with van der Waals surface area (Å²) >= 11 is 0. The number of alkyl halides is 3. The zero-order chi connectivity index (χ0) is 16.6. The van der Waals surface area contributed by atoms with Crippen LogP contribution in [0.25, 0.3) is 5.76 Å². The molecule has 1 aliphatic heterocycles. The maximum atomic E-state index is 13.1. The molecule has 23 heavy (non-hydrogen) atoms. The summed E-state index contributed by atoms with van der Waals surface area (Å²) in [4.78, 5) is 13.8. The maximum absolute atomic E-state index is 13.1. The number of halogens is 3. The number of hydrogen-bond acceptors (Lipinski definition) is 4. The summed E-state index contributed by atoms with van der Waals surface area (Å²) in [5.74, 6) is -0.126.